The van der Waals surface area contributed by atoms with Gasteiger partial charge >= 0.3 is 17.9 Å². The molecule has 0 heterocycles. The van der Waals surface area contributed by atoms with Crippen molar-refractivity contribution in [3.63, 3.8) is 0 Å². The summed E-state index contributed by atoms with van der Waals surface area (Å²) >= 11 is 1.28. The molecule has 1 aromatic rings. The van der Waals surface area contributed by atoms with E-state index in [2.05, 4.69) is 47.9 Å². The van der Waals surface area contributed by atoms with Gasteiger partial charge in [-0.15, -0.1) is 0 Å². The fourth-order valence-corrected chi connectivity index (χ4v) is 7.85. The van der Waals surface area contributed by atoms with Crippen LogP contribution in [0.1, 0.15) is 98.5 Å². The van der Waals surface area contributed by atoms with Gasteiger partial charge in [-0.3, -0.25) is 57.5 Å². The maximum Gasteiger partial charge on any atom is 0.326 e. The SMILES string of the molecule is CSCC[C@H](NC(=O)[C@H](Cc1ccccc1)NC(=O)[C@H](CO)NC(=O)CNC(=O)[C@H](CCC(=O)O)NC(=O)[C@H](CCC(=O)O)NC(=O)[C@H](CC(C)C)NC(=O)[C@@H](N)C(C)C)C(=O)N[C@@H](CC(N)=O)C(=O)N[C@@H](CC(C)C)C(=O)O. The van der Waals surface area contributed by atoms with Crippen molar-refractivity contribution in [1.82, 2.24) is 47.9 Å². The highest BCUT2D eigenvalue weighted by atomic mass is 32.2. The molecule has 0 bridgehead atoms. The third-order valence-corrected chi connectivity index (χ3v) is 12.3. The number of thioether (sulfide) groups is 1. The van der Waals surface area contributed by atoms with Crippen molar-refractivity contribution in [3.8, 4) is 0 Å². The molecule has 1 aromatic carbocycles. The molecule has 29 heteroatoms. The van der Waals surface area contributed by atoms with Crippen molar-refractivity contribution in [3.05, 3.63) is 35.9 Å². The number of primary amides is 1. The highest BCUT2D eigenvalue weighted by Gasteiger charge is 2.35. The van der Waals surface area contributed by atoms with Gasteiger partial charge < -0.3 is 79.7 Å². The summed E-state index contributed by atoms with van der Waals surface area (Å²) in [7, 11) is 0. The van der Waals surface area contributed by atoms with E-state index in [1.54, 1.807) is 78.1 Å². The minimum absolute atomic E-state index is 0.0136. The number of carbonyl (C=O) groups excluding carboxylic acids is 10. The molecule has 1 rings (SSSR count). The number of aliphatic carboxylic acids is 3. The Morgan fingerprint density at radius 1 is 0.519 bits per heavy atom. The number of aliphatic hydroxyl groups excluding tert-OH is 1. The molecule has 0 aliphatic carbocycles. The van der Waals surface area contributed by atoms with Gasteiger partial charge in [0.1, 0.15) is 48.3 Å². The predicted molar refractivity (Wildman–Crippen MR) is 286 cm³/mol. The lowest BCUT2D eigenvalue weighted by Crippen LogP contribution is -2.60. The second-order valence-corrected chi connectivity index (χ2v) is 20.8. The van der Waals surface area contributed by atoms with Crippen LogP contribution in [0.15, 0.2) is 30.3 Å². The number of nitrogens with two attached hydrogens (primary N) is 2. The molecule has 442 valence electrons. The highest BCUT2D eigenvalue weighted by molar-refractivity contribution is 7.98. The third kappa shape index (κ3) is 27.7. The fraction of sp³-hybridized carbons (Fsp3) is 0.620. The molecular formula is C50H79N11O17S. The topological polar surface area (TPSA) is 463 Å². The number of carboxylic acids is 3. The smallest absolute Gasteiger partial charge is 0.326 e. The van der Waals surface area contributed by atoms with E-state index in [-0.39, 0.29) is 49.2 Å². The molecule has 0 saturated heterocycles. The minimum Gasteiger partial charge on any atom is -0.481 e. The lowest BCUT2D eigenvalue weighted by Gasteiger charge is -2.27. The summed E-state index contributed by atoms with van der Waals surface area (Å²) in [4.78, 5) is 169. The number of aliphatic hydroxyl groups is 1. The van der Waals surface area contributed by atoms with Gasteiger partial charge in [0.15, 0.2) is 0 Å². The fourth-order valence-electron chi connectivity index (χ4n) is 7.38. The van der Waals surface area contributed by atoms with Crippen LogP contribution in [0, 0.1) is 17.8 Å². The maximum absolute atomic E-state index is 14.1. The predicted octanol–water partition coefficient (Wildman–Crippen LogP) is -3.27. The van der Waals surface area contributed by atoms with Crippen molar-refractivity contribution in [1.29, 1.82) is 0 Å². The average Bonchev–Trinajstić information content (AvgIpc) is 3.36. The van der Waals surface area contributed by atoms with Crippen LogP contribution < -0.4 is 59.3 Å². The van der Waals surface area contributed by atoms with Crippen molar-refractivity contribution in [2.24, 2.45) is 29.2 Å². The molecule has 0 aliphatic rings. The van der Waals surface area contributed by atoms with Crippen LogP contribution >= 0.6 is 11.8 Å². The van der Waals surface area contributed by atoms with Gasteiger partial charge in [0.2, 0.25) is 59.1 Å². The largest absolute Gasteiger partial charge is 0.481 e. The van der Waals surface area contributed by atoms with E-state index < -0.39 is 177 Å². The maximum atomic E-state index is 14.1. The van der Waals surface area contributed by atoms with E-state index in [4.69, 9.17) is 11.5 Å². The molecule has 0 saturated carbocycles. The molecule has 79 heavy (non-hydrogen) atoms. The van der Waals surface area contributed by atoms with Crippen LogP contribution in [0.5, 0.6) is 0 Å². The first-order valence-corrected chi connectivity index (χ1v) is 26.9. The summed E-state index contributed by atoms with van der Waals surface area (Å²) in [5, 5.41) is 60.0. The number of nitrogens with one attached hydrogen (secondary N) is 9. The first kappa shape index (κ1) is 69.6. The van der Waals surface area contributed by atoms with Crippen LogP contribution in [-0.4, -0.2) is 177 Å². The molecule has 17 N–H and O–H groups in total. The van der Waals surface area contributed by atoms with E-state index in [1.807, 2.05) is 0 Å². The lowest BCUT2D eigenvalue weighted by atomic mass is 10.00. The number of carboxylic acid groups (broad SMARTS) is 3. The number of rotatable bonds is 38. The second-order valence-electron chi connectivity index (χ2n) is 19.8. The Balaban J connectivity index is 3.36. The average molecular weight is 1140 g/mol. The molecule has 10 amide bonds. The van der Waals surface area contributed by atoms with Crippen molar-refractivity contribution in [2.45, 2.75) is 154 Å². The molecule has 28 nitrogen and oxygen atoms in total. The van der Waals surface area contributed by atoms with Crippen molar-refractivity contribution >= 4 is 88.7 Å². The standard InChI is InChI=1S/C50H79N11O17S/c1-25(2)19-32(60-49(76)41(52)27(5)6)45(72)56-30(14-16-40(67)68)43(70)55-29(13-15-39(65)66)42(69)53-23-38(64)54-36(24-62)48(75)58-33(21-28-11-9-8-10-12-28)46(73)57-31(17-18-79-7)44(71)59-34(22-37(51)63)47(74)61-35(50(77)78)20-26(3)4/h8-12,25-27,29-36,41,62H,13-24,52H2,1-7H3,(H2,51,63)(H,53,69)(H,54,64)(H,55,70)(H,56,72)(H,57,73)(H,58,75)(H,59,71)(H,60,76)(H,61,74)(H,65,66)(H,67,68)(H,77,78)/t29-,30-,31-,32-,33-,34-,35-,36-,41-/m0/s1. The zero-order valence-corrected chi connectivity index (χ0v) is 46.3. The lowest BCUT2D eigenvalue weighted by molar-refractivity contribution is -0.143. The quantitative estimate of drug-likeness (QED) is 0.0309. The first-order valence-electron chi connectivity index (χ1n) is 25.5. The van der Waals surface area contributed by atoms with E-state index >= 15 is 0 Å². The molecule has 0 unspecified atom stereocenters. The van der Waals surface area contributed by atoms with Crippen LogP contribution in [-0.2, 0) is 68.7 Å². The third-order valence-electron chi connectivity index (χ3n) is 11.7. The number of hydrogen-bond donors (Lipinski definition) is 15. The van der Waals surface area contributed by atoms with Crippen LogP contribution in [0.3, 0.4) is 0 Å². The molecule has 0 aliphatic heterocycles. The molecule has 0 fully saturated rings. The minimum atomic E-state index is -1.80. The van der Waals surface area contributed by atoms with Gasteiger partial charge in [0, 0.05) is 19.3 Å². The Morgan fingerprint density at radius 2 is 0.937 bits per heavy atom. The summed E-state index contributed by atoms with van der Waals surface area (Å²) in [6, 6.07) is -5.16. The number of amides is 10. The van der Waals surface area contributed by atoms with Crippen LogP contribution in [0.4, 0.5) is 0 Å². The van der Waals surface area contributed by atoms with E-state index in [0.29, 0.717) is 5.56 Å². The molecule has 0 spiro atoms. The Kier molecular flexibility index (Phi) is 31.6. The van der Waals surface area contributed by atoms with Gasteiger partial charge in [-0.25, -0.2) is 4.79 Å². The van der Waals surface area contributed by atoms with Gasteiger partial charge in [-0.05, 0) is 67.4 Å². The molecular weight excluding hydrogens is 1060 g/mol. The summed E-state index contributed by atoms with van der Waals surface area (Å²) < 4.78 is 0. The van der Waals surface area contributed by atoms with Crippen molar-refractivity contribution in [2.75, 3.05) is 25.2 Å². The normalized spacial score (nSPS) is 14.5. The zero-order valence-electron chi connectivity index (χ0n) is 45.5. The van der Waals surface area contributed by atoms with E-state index in [0.717, 1.165) is 0 Å². The van der Waals surface area contributed by atoms with Crippen molar-refractivity contribution < 1.29 is 82.8 Å². The van der Waals surface area contributed by atoms with Gasteiger partial charge in [-0.2, -0.15) is 11.8 Å². The summed E-state index contributed by atoms with van der Waals surface area (Å²) in [5.74, 6) is -14.5. The Bertz CT molecular complexity index is 2270. The molecule has 9 atom stereocenters. The van der Waals surface area contributed by atoms with Crippen LogP contribution in [0.2, 0.25) is 0 Å². The molecule has 0 radical (unpaired) electrons. The highest BCUT2D eigenvalue weighted by Crippen LogP contribution is 2.12. The summed E-state index contributed by atoms with van der Waals surface area (Å²) in [6.45, 7) is 8.31. The Labute approximate surface area is 462 Å². The van der Waals surface area contributed by atoms with Gasteiger partial charge in [0.25, 0.3) is 0 Å². The Hall–Kier alpha value is -7.40. The zero-order chi connectivity index (χ0) is 60.1. The number of hydrogen-bond acceptors (Lipinski definition) is 16. The Morgan fingerprint density at radius 3 is 1.41 bits per heavy atom. The molecule has 0 aromatic heterocycles. The summed E-state index contributed by atoms with van der Waals surface area (Å²) in [6.07, 6.45) is -1.67. The summed E-state index contributed by atoms with van der Waals surface area (Å²) in [5.41, 5.74) is 11.8. The first-order chi connectivity index (χ1) is 37.0. The van der Waals surface area contributed by atoms with E-state index in [1.165, 1.54) is 11.8 Å². The van der Waals surface area contributed by atoms with Gasteiger partial charge in [-0.1, -0.05) is 71.9 Å². The van der Waals surface area contributed by atoms with E-state index in [9.17, 15) is 82.8 Å². The number of carbonyl (C=O) groups is 13. The number of benzene rings is 1. The van der Waals surface area contributed by atoms with Gasteiger partial charge in [0.05, 0.1) is 25.6 Å². The second kappa shape index (κ2) is 35.9. The monoisotopic (exact) mass is 1140 g/mol. The van der Waals surface area contributed by atoms with Crippen LogP contribution in [0.25, 0.3) is 0 Å².